The minimum atomic E-state index is -0.403. The number of nitrogens with two attached hydrogens (primary N) is 1. The fraction of sp³-hybridized carbons (Fsp3) is 0.611. The molecule has 1 aromatic carbocycles. The van der Waals surface area contributed by atoms with Crippen LogP contribution in [0.25, 0.3) is 0 Å². The largest absolute Gasteiger partial charge is 0.484 e. The van der Waals surface area contributed by atoms with Crippen LogP contribution in [0.5, 0.6) is 5.75 Å². The molecule has 4 nitrogen and oxygen atoms in total. The Bertz CT molecular complexity index is 530. The summed E-state index contributed by atoms with van der Waals surface area (Å²) >= 11 is 4.00. The van der Waals surface area contributed by atoms with E-state index in [0.29, 0.717) is 11.1 Å². The Morgan fingerprint density at radius 3 is 2.50 bits per heavy atom. The number of nitrogens with one attached hydrogen (secondary N) is 1. The van der Waals surface area contributed by atoms with E-state index in [0.717, 1.165) is 5.75 Å². The predicted octanol–water partition coefficient (Wildman–Crippen LogP) is 3.42. The topological polar surface area (TPSA) is 64.3 Å². The lowest BCUT2D eigenvalue weighted by Gasteiger charge is -2.33. The zero-order valence-electron chi connectivity index (χ0n) is 14.7. The van der Waals surface area contributed by atoms with Gasteiger partial charge in [0, 0.05) is 6.54 Å². The highest BCUT2D eigenvalue weighted by atomic mass is 32.2. The summed E-state index contributed by atoms with van der Waals surface area (Å²) < 4.78 is 6.13. The SMILES string of the molecule is CC(C)C(C)(CN)NC(=O)COc1ccc(C2SCCCS2)cc1. The Balaban J connectivity index is 1.84. The fourth-order valence-corrected chi connectivity index (χ4v) is 5.23. The quantitative estimate of drug-likeness (QED) is 0.772. The monoisotopic (exact) mass is 368 g/mol. The average molecular weight is 369 g/mol. The molecule has 1 saturated heterocycles. The summed E-state index contributed by atoms with van der Waals surface area (Å²) in [5.41, 5.74) is 6.71. The second kappa shape index (κ2) is 9.02. The lowest BCUT2D eigenvalue weighted by atomic mass is 9.88. The number of hydrogen-bond acceptors (Lipinski definition) is 5. The summed E-state index contributed by atoms with van der Waals surface area (Å²) in [7, 11) is 0. The van der Waals surface area contributed by atoms with Crippen molar-refractivity contribution in [1.29, 1.82) is 0 Å². The summed E-state index contributed by atoms with van der Waals surface area (Å²) in [6.45, 7) is 6.47. The predicted molar refractivity (Wildman–Crippen MR) is 105 cm³/mol. The molecule has 1 fully saturated rings. The molecule has 24 heavy (non-hydrogen) atoms. The fourth-order valence-electron chi connectivity index (χ4n) is 2.34. The molecule has 1 unspecified atom stereocenters. The molecule has 1 aromatic rings. The minimum Gasteiger partial charge on any atom is -0.484 e. The maximum Gasteiger partial charge on any atom is 0.258 e. The van der Waals surface area contributed by atoms with Gasteiger partial charge in [-0.25, -0.2) is 0 Å². The van der Waals surface area contributed by atoms with E-state index in [9.17, 15) is 4.79 Å². The van der Waals surface area contributed by atoms with E-state index in [4.69, 9.17) is 10.5 Å². The van der Waals surface area contributed by atoms with Crippen LogP contribution in [0.4, 0.5) is 0 Å². The second-order valence-corrected chi connectivity index (χ2v) is 9.33. The van der Waals surface area contributed by atoms with Crippen LogP contribution in [0.3, 0.4) is 0 Å². The van der Waals surface area contributed by atoms with Gasteiger partial charge in [0.1, 0.15) is 5.75 Å². The first-order valence-electron chi connectivity index (χ1n) is 8.41. The van der Waals surface area contributed by atoms with Crippen molar-refractivity contribution in [3.63, 3.8) is 0 Å². The van der Waals surface area contributed by atoms with Gasteiger partial charge < -0.3 is 15.8 Å². The molecule has 0 aromatic heterocycles. The standard InChI is InChI=1S/C18H28N2O2S2/c1-13(2)18(3,12-19)20-16(21)11-22-15-7-5-14(6-8-15)17-23-9-4-10-24-17/h5-8,13,17H,4,9-12,19H2,1-3H3,(H,20,21). The molecule has 134 valence electrons. The van der Waals surface area contributed by atoms with E-state index in [2.05, 4.69) is 17.4 Å². The lowest BCUT2D eigenvalue weighted by molar-refractivity contribution is -0.125. The molecule has 1 atom stereocenters. The van der Waals surface area contributed by atoms with Crippen molar-refractivity contribution in [1.82, 2.24) is 5.32 Å². The van der Waals surface area contributed by atoms with Gasteiger partial charge in [-0.15, -0.1) is 23.5 Å². The zero-order valence-corrected chi connectivity index (χ0v) is 16.3. The highest BCUT2D eigenvalue weighted by Gasteiger charge is 2.28. The Hall–Kier alpha value is -0.850. The summed E-state index contributed by atoms with van der Waals surface area (Å²) in [4.78, 5) is 12.1. The number of ether oxygens (including phenoxy) is 1. The molecule has 0 saturated carbocycles. The van der Waals surface area contributed by atoms with Crippen LogP contribution in [0, 0.1) is 5.92 Å². The maximum absolute atomic E-state index is 12.1. The zero-order chi connectivity index (χ0) is 17.6. The number of benzene rings is 1. The van der Waals surface area contributed by atoms with Gasteiger partial charge >= 0.3 is 0 Å². The van der Waals surface area contributed by atoms with Crippen molar-refractivity contribution in [3.05, 3.63) is 29.8 Å². The number of carbonyl (C=O) groups excluding carboxylic acids is 1. The first-order valence-corrected chi connectivity index (χ1v) is 10.5. The molecule has 0 bridgehead atoms. The van der Waals surface area contributed by atoms with Crippen molar-refractivity contribution < 1.29 is 9.53 Å². The Morgan fingerprint density at radius 1 is 1.33 bits per heavy atom. The average Bonchev–Trinajstić information content (AvgIpc) is 2.61. The van der Waals surface area contributed by atoms with E-state index < -0.39 is 5.54 Å². The number of thioether (sulfide) groups is 2. The van der Waals surface area contributed by atoms with Crippen molar-refractivity contribution in [2.45, 2.75) is 37.3 Å². The van der Waals surface area contributed by atoms with Crippen LogP contribution in [-0.4, -0.2) is 36.1 Å². The Labute approximate surface area is 153 Å². The third kappa shape index (κ3) is 5.33. The summed E-state index contributed by atoms with van der Waals surface area (Å²) in [5, 5.41) is 2.98. The Kier molecular flexibility index (Phi) is 7.32. The lowest BCUT2D eigenvalue weighted by Crippen LogP contribution is -2.56. The number of amides is 1. The van der Waals surface area contributed by atoms with Crippen molar-refractivity contribution in [3.8, 4) is 5.75 Å². The van der Waals surface area contributed by atoms with Crippen LogP contribution in [-0.2, 0) is 4.79 Å². The minimum absolute atomic E-state index is 0.00852. The van der Waals surface area contributed by atoms with Crippen molar-refractivity contribution in [2.24, 2.45) is 11.7 Å². The molecular formula is C18H28N2O2S2. The van der Waals surface area contributed by atoms with E-state index in [1.165, 1.54) is 23.5 Å². The van der Waals surface area contributed by atoms with Crippen LogP contribution >= 0.6 is 23.5 Å². The molecule has 6 heteroatoms. The molecule has 1 heterocycles. The van der Waals surface area contributed by atoms with Gasteiger partial charge in [-0.2, -0.15) is 0 Å². The third-order valence-electron chi connectivity index (χ3n) is 4.47. The smallest absolute Gasteiger partial charge is 0.258 e. The van der Waals surface area contributed by atoms with E-state index in [1.807, 2.05) is 56.4 Å². The number of hydrogen-bond donors (Lipinski definition) is 2. The normalized spacial score (nSPS) is 18.2. The molecule has 1 aliphatic heterocycles. The molecule has 1 aliphatic rings. The molecule has 3 N–H and O–H groups in total. The van der Waals surface area contributed by atoms with E-state index in [-0.39, 0.29) is 18.4 Å². The van der Waals surface area contributed by atoms with Gasteiger partial charge in [-0.3, -0.25) is 4.79 Å². The Morgan fingerprint density at radius 2 is 1.96 bits per heavy atom. The van der Waals surface area contributed by atoms with Gasteiger partial charge in [0.15, 0.2) is 6.61 Å². The van der Waals surface area contributed by atoms with Gasteiger partial charge in [-0.05, 0) is 48.5 Å². The van der Waals surface area contributed by atoms with Gasteiger partial charge in [0.05, 0.1) is 10.1 Å². The number of rotatable bonds is 7. The van der Waals surface area contributed by atoms with E-state index in [1.54, 1.807) is 0 Å². The van der Waals surface area contributed by atoms with Gasteiger partial charge in [0.25, 0.3) is 5.91 Å². The molecule has 0 spiro atoms. The summed E-state index contributed by atoms with van der Waals surface area (Å²) in [6, 6.07) is 8.09. The maximum atomic E-state index is 12.1. The molecular weight excluding hydrogens is 340 g/mol. The van der Waals surface area contributed by atoms with Crippen molar-refractivity contribution >= 4 is 29.4 Å². The summed E-state index contributed by atoms with van der Waals surface area (Å²) in [6.07, 6.45) is 1.29. The molecule has 0 radical (unpaired) electrons. The van der Waals surface area contributed by atoms with Crippen LogP contribution in [0.2, 0.25) is 0 Å². The van der Waals surface area contributed by atoms with Gasteiger partial charge in [0.2, 0.25) is 0 Å². The molecule has 0 aliphatic carbocycles. The van der Waals surface area contributed by atoms with Gasteiger partial charge in [-0.1, -0.05) is 26.0 Å². The first-order chi connectivity index (χ1) is 11.4. The first kappa shape index (κ1) is 19.5. The summed E-state index contributed by atoms with van der Waals surface area (Å²) in [5.74, 6) is 3.30. The highest BCUT2D eigenvalue weighted by Crippen LogP contribution is 2.43. The number of carbonyl (C=O) groups is 1. The molecule has 2 rings (SSSR count). The van der Waals surface area contributed by atoms with Crippen molar-refractivity contribution in [2.75, 3.05) is 24.7 Å². The molecule has 1 amide bonds. The van der Waals surface area contributed by atoms with Crippen LogP contribution in [0.1, 0.15) is 37.3 Å². The van der Waals surface area contributed by atoms with E-state index >= 15 is 0 Å². The van der Waals surface area contributed by atoms with Crippen LogP contribution < -0.4 is 15.8 Å². The highest BCUT2D eigenvalue weighted by molar-refractivity contribution is 8.16. The second-order valence-electron chi connectivity index (χ2n) is 6.61. The third-order valence-corrected chi connectivity index (χ3v) is 7.49. The van der Waals surface area contributed by atoms with Crippen LogP contribution in [0.15, 0.2) is 24.3 Å².